The Labute approximate surface area is 178 Å². The van der Waals surface area contributed by atoms with Crippen LogP contribution in [0, 0.1) is 6.92 Å². The molecular formula is C20H27N3O8. The van der Waals surface area contributed by atoms with E-state index >= 15 is 0 Å². The van der Waals surface area contributed by atoms with Crippen LogP contribution in [-0.4, -0.2) is 63.8 Å². The zero-order chi connectivity index (χ0) is 23.4. The zero-order valence-electron chi connectivity index (χ0n) is 17.1. The molecule has 1 aromatic rings. The largest absolute Gasteiger partial charge is 0.481 e. The Kier molecular flexibility index (Phi) is 10.5. The number of amides is 3. The van der Waals surface area contributed by atoms with Crippen LogP contribution in [0.15, 0.2) is 24.3 Å². The van der Waals surface area contributed by atoms with Gasteiger partial charge in [0.25, 0.3) is 5.91 Å². The van der Waals surface area contributed by atoms with Gasteiger partial charge < -0.3 is 31.3 Å². The minimum atomic E-state index is -1.46. The molecule has 1 unspecified atom stereocenters. The number of rotatable bonds is 13. The molecule has 0 fully saturated rings. The minimum absolute atomic E-state index is 0.0655. The quantitative estimate of drug-likeness (QED) is 0.247. The van der Waals surface area contributed by atoms with Crippen LogP contribution in [0.1, 0.15) is 48.0 Å². The van der Waals surface area contributed by atoms with Crippen LogP contribution in [0.5, 0.6) is 0 Å². The Morgan fingerprint density at radius 1 is 0.839 bits per heavy atom. The molecule has 0 saturated heterocycles. The molecule has 0 aliphatic heterocycles. The van der Waals surface area contributed by atoms with E-state index in [9.17, 15) is 29.1 Å². The van der Waals surface area contributed by atoms with Crippen molar-refractivity contribution in [1.82, 2.24) is 16.0 Å². The van der Waals surface area contributed by atoms with Crippen LogP contribution in [0.3, 0.4) is 0 Å². The van der Waals surface area contributed by atoms with Gasteiger partial charge in [0.05, 0.1) is 0 Å². The first kappa shape index (κ1) is 25.4. The second kappa shape index (κ2) is 12.8. The molecule has 3 amide bonds. The molecule has 0 radical (unpaired) electrons. The molecular weight excluding hydrogens is 410 g/mol. The third-order valence-corrected chi connectivity index (χ3v) is 4.37. The first-order chi connectivity index (χ1) is 14.6. The highest BCUT2D eigenvalue weighted by Crippen LogP contribution is 2.05. The molecule has 1 rings (SSSR count). The Bertz CT molecular complexity index is 794. The Hall–Kier alpha value is -3.63. The van der Waals surface area contributed by atoms with E-state index in [-0.39, 0.29) is 18.7 Å². The molecule has 0 aliphatic carbocycles. The third-order valence-electron chi connectivity index (χ3n) is 4.37. The molecule has 31 heavy (non-hydrogen) atoms. The van der Waals surface area contributed by atoms with Gasteiger partial charge in [-0.3, -0.25) is 9.59 Å². The Morgan fingerprint density at radius 3 is 1.90 bits per heavy atom. The first-order valence-corrected chi connectivity index (χ1v) is 9.69. The second-order valence-electron chi connectivity index (χ2n) is 6.95. The average molecular weight is 437 g/mol. The van der Waals surface area contributed by atoms with Crippen LogP contribution in [0.4, 0.5) is 4.79 Å². The zero-order valence-corrected chi connectivity index (χ0v) is 17.1. The van der Waals surface area contributed by atoms with Gasteiger partial charge in [-0.25, -0.2) is 14.4 Å². The maximum atomic E-state index is 12.0. The number of carboxylic acids is 3. The molecule has 1 aromatic carbocycles. The lowest BCUT2D eigenvalue weighted by Crippen LogP contribution is -2.51. The molecule has 11 heteroatoms. The van der Waals surface area contributed by atoms with E-state index in [0.29, 0.717) is 24.9 Å². The van der Waals surface area contributed by atoms with Crippen molar-refractivity contribution in [1.29, 1.82) is 0 Å². The number of hydrogen-bond donors (Lipinski definition) is 6. The monoisotopic (exact) mass is 437 g/mol. The van der Waals surface area contributed by atoms with E-state index in [2.05, 4.69) is 16.0 Å². The number of unbranched alkanes of at least 4 members (excludes halogenated alkanes) is 1. The third kappa shape index (κ3) is 10.1. The fraction of sp³-hybridized carbons (Fsp3) is 0.450. The molecule has 0 aromatic heterocycles. The summed E-state index contributed by atoms with van der Waals surface area (Å²) in [6, 6.07) is 3.31. The maximum Gasteiger partial charge on any atom is 0.326 e. The van der Waals surface area contributed by atoms with Crippen LogP contribution < -0.4 is 16.0 Å². The van der Waals surface area contributed by atoms with Gasteiger partial charge >= 0.3 is 23.9 Å². The molecule has 0 bridgehead atoms. The van der Waals surface area contributed by atoms with Crippen molar-refractivity contribution in [2.24, 2.45) is 0 Å². The highest BCUT2D eigenvalue weighted by Gasteiger charge is 2.24. The topological polar surface area (TPSA) is 182 Å². The molecule has 170 valence electrons. The average Bonchev–Trinajstić information content (AvgIpc) is 2.69. The predicted molar refractivity (Wildman–Crippen MR) is 109 cm³/mol. The van der Waals surface area contributed by atoms with Gasteiger partial charge in [0.15, 0.2) is 0 Å². The van der Waals surface area contributed by atoms with Gasteiger partial charge in [-0.1, -0.05) is 17.7 Å². The maximum absolute atomic E-state index is 12.0. The van der Waals surface area contributed by atoms with E-state index < -0.39 is 42.4 Å². The minimum Gasteiger partial charge on any atom is -0.481 e. The van der Waals surface area contributed by atoms with E-state index in [1.54, 1.807) is 12.1 Å². The molecule has 2 atom stereocenters. The van der Waals surface area contributed by atoms with Gasteiger partial charge in [-0.2, -0.15) is 0 Å². The van der Waals surface area contributed by atoms with Crippen molar-refractivity contribution in [3.05, 3.63) is 35.4 Å². The molecule has 0 spiro atoms. The molecule has 6 N–H and O–H groups in total. The number of carboxylic acid groups (broad SMARTS) is 3. The summed E-state index contributed by atoms with van der Waals surface area (Å²) >= 11 is 0. The Morgan fingerprint density at radius 2 is 1.39 bits per heavy atom. The number of benzene rings is 1. The summed E-state index contributed by atoms with van der Waals surface area (Å²) in [4.78, 5) is 56.9. The highest BCUT2D eigenvalue weighted by molar-refractivity contribution is 5.94. The van der Waals surface area contributed by atoms with Crippen molar-refractivity contribution >= 4 is 29.8 Å². The number of carbonyl (C=O) groups excluding carboxylic acids is 2. The lowest BCUT2D eigenvalue weighted by atomic mass is 10.1. The molecule has 0 saturated carbocycles. The summed E-state index contributed by atoms with van der Waals surface area (Å²) in [6.45, 7) is 2.23. The summed E-state index contributed by atoms with van der Waals surface area (Å²) in [6.07, 6.45) is 0.119. The summed E-state index contributed by atoms with van der Waals surface area (Å²) in [5.74, 6) is -4.18. The highest BCUT2D eigenvalue weighted by atomic mass is 16.4. The van der Waals surface area contributed by atoms with Crippen molar-refractivity contribution < 1.29 is 39.3 Å². The van der Waals surface area contributed by atoms with Crippen LogP contribution >= 0.6 is 0 Å². The van der Waals surface area contributed by atoms with Crippen molar-refractivity contribution in [2.75, 3.05) is 6.54 Å². The summed E-state index contributed by atoms with van der Waals surface area (Å²) < 4.78 is 0. The second-order valence-corrected chi connectivity index (χ2v) is 6.95. The van der Waals surface area contributed by atoms with Crippen LogP contribution in [0.2, 0.25) is 0 Å². The smallest absolute Gasteiger partial charge is 0.326 e. The number of hydrogen-bond acceptors (Lipinski definition) is 5. The molecule has 0 aliphatic rings. The van der Waals surface area contributed by atoms with E-state index in [4.69, 9.17) is 10.2 Å². The summed E-state index contributed by atoms with van der Waals surface area (Å²) in [7, 11) is 0. The van der Waals surface area contributed by atoms with Gasteiger partial charge in [0.2, 0.25) is 0 Å². The van der Waals surface area contributed by atoms with Crippen molar-refractivity contribution in [2.45, 2.75) is 51.1 Å². The first-order valence-electron chi connectivity index (χ1n) is 9.69. The predicted octanol–water partition coefficient (Wildman–Crippen LogP) is 0.966. The van der Waals surface area contributed by atoms with Crippen LogP contribution in [-0.2, 0) is 14.4 Å². The number of nitrogens with one attached hydrogen (secondary N) is 3. The van der Waals surface area contributed by atoms with E-state index in [0.717, 1.165) is 5.56 Å². The number of urea groups is 1. The SMILES string of the molecule is Cc1ccc(C(=O)NCCCCC(NC(=O)N[C@H](CCC(=O)O)C(=O)O)C(=O)O)cc1. The van der Waals surface area contributed by atoms with Crippen molar-refractivity contribution in [3.8, 4) is 0 Å². The molecule has 11 nitrogen and oxygen atoms in total. The normalized spacial score (nSPS) is 12.3. The van der Waals surface area contributed by atoms with Gasteiger partial charge in [-0.15, -0.1) is 0 Å². The van der Waals surface area contributed by atoms with Gasteiger partial charge in [0, 0.05) is 18.5 Å². The lowest BCUT2D eigenvalue weighted by Gasteiger charge is -2.18. The van der Waals surface area contributed by atoms with Crippen molar-refractivity contribution in [3.63, 3.8) is 0 Å². The summed E-state index contributed by atoms with van der Waals surface area (Å²) in [5, 5.41) is 33.9. The van der Waals surface area contributed by atoms with Gasteiger partial charge in [0.1, 0.15) is 12.1 Å². The number of aliphatic carboxylic acids is 3. The van der Waals surface area contributed by atoms with E-state index in [1.807, 2.05) is 19.1 Å². The standard InChI is InChI=1S/C20H27N3O8/c1-12-5-7-13(8-6-12)17(26)21-11-3-2-4-14(18(27)28)22-20(31)23-15(19(29)30)9-10-16(24)25/h5-8,14-15H,2-4,9-11H2,1H3,(H,21,26)(H,24,25)(H,27,28)(H,29,30)(H2,22,23,31)/t14?,15-/m1/s1. The fourth-order valence-electron chi connectivity index (χ4n) is 2.62. The number of carbonyl (C=O) groups is 5. The lowest BCUT2D eigenvalue weighted by molar-refractivity contribution is -0.140. The van der Waals surface area contributed by atoms with Crippen LogP contribution in [0.25, 0.3) is 0 Å². The fourth-order valence-corrected chi connectivity index (χ4v) is 2.62. The van der Waals surface area contributed by atoms with E-state index in [1.165, 1.54) is 0 Å². The Balaban J connectivity index is 2.41. The number of aryl methyl sites for hydroxylation is 1. The van der Waals surface area contributed by atoms with Gasteiger partial charge in [-0.05, 0) is 44.7 Å². The molecule has 0 heterocycles. The summed E-state index contributed by atoms with van der Waals surface area (Å²) in [5.41, 5.74) is 1.55.